The molecule has 3 nitrogen and oxygen atoms in total. The lowest BCUT2D eigenvalue weighted by Crippen LogP contribution is -2.09. The lowest BCUT2D eigenvalue weighted by Gasteiger charge is -2.09. The van der Waals surface area contributed by atoms with Crippen molar-refractivity contribution >= 4 is 43.9 Å². The van der Waals surface area contributed by atoms with Gasteiger partial charge in [0.05, 0.1) is 23.2 Å². The van der Waals surface area contributed by atoms with E-state index in [2.05, 4.69) is 23.2 Å². The summed E-state index contributed by atoms with van der Waals surface area (Å²) in [6.07, 6.45) is 0. The Morgan fingerprint density at radius 1 is 1.17 bits per heavy atom. The second-order valence-corrected chi connectivity index (χ2v) is 7.13. The van der Waals surface area contributed by atoms with Crippen LogP contribution in [0.4, 0.5) is 0 Å². The van der Waals surface area contributed by atoms with Gasteiger partial charge in [0.15, 0.2) is 5.43 Å². The molecule has 120 valence electrons. The van der Waals surface area contributed by atoms with Crippen molar-refractivity contribution in [2.75, 3.05) is 7.11 Å². The van der Waals surface area contributed by atoms with Gasteiger partial charge in [-0.15, -0.1) is 11.3 Å². The summed E-state index contributed by atoms with van der Waals surface area (Å²) in [5.74, 6) is 0.550. The minimum atomic E-state index is -0.0163. The van der Waals surface area contributed by atoms with E-state index in [0.29, 0.717) is 21.7 Å². The number of benzene rings is 2. The van der Waals surface area contributed by atoms with Gasteiger partial charge in [0.2, 0.25) is 0 Å². The van der Waals surface area contributed by atoms with Crippen LogP contribution in [0.2, 0.25) is 5.02 Å². The molecule has 1 N–H and O–H groups in total. The number of halogens is 1. The first kappa shape index (κ1) is 15.2. The van der Waals surface area contributed by atoms with E-state index >= 15 is 0 Å². The Balaban J connectivity index is 2.03. The fourth-order valence-corrected chi connectivity index (χ4v) is 4.38. The molecule has 0 radical (unpaired) electrons. The van der Waals surface area contributed by atoms with Gasteiger partial charge in [-0.2, -0.15) is 0 Å². The van der Waals surface area contributed by atoms with Crippen molar-refractivity contribution in [1.82, 2.24) is 4.98 Å². The topological polar surface area (TPSA) is 42.1 Å². The summed E-state index contributed by atoms with van der Waals surface area (Å²) in [7, 11) is 1.56. The van der Waals surface area contributed by atoms with Crippen LogP contribution in [-0.4, -0.2) is 12.1 Å². The number of ether oxygens (including phenoxy) is 1. The van der Waals surface area contributed by atoms with Crippen molar-refractivity contribution in [3.63, 3.8) is 0 Å². The number of pyridine rings is 1. The Morgan fingerprint density at radius 2 is 1.96 bits per heavy atom. The zero-order valence-corrected chi connectivity index (χ0v) is 14.7. The summed E-state index contributed by atoms with van der Waals surface area (Å²) >= 11 is 7.82. The summed E-state index contributed by atoms with van der Waals surface area (Å²) < 4.78 is 6.40. The Labute approximate surface area is 147 Å². The molecule has 0 saturated heterocycles. The summed E-state index contributed by atoms with van der Waals surface area (Å²) in [5.41, 5.74) is 2.24. The predicted molar refractivity (Wildman–Crippen MR) is 102 cm³/mol. The number of aromatic nitrogens is 1. The molecule has 2 heterocycles. The maximum atomic E-state index is 13.1. The highest BCUT2D eigenvalue weighted by Gasteiger charge is 2.15. The van der Waals surface area contributed by atoms with Gasteiger partial charge in [0, 0.05) is 26.7 Å². The minimum absolute atomic E-state index is 0.0163. The van der Waals surface area contributed by atoms with E-state index in [-0.39, 0.29) is 5.43 Å². The number of aryl methyl sites for hydroxylation is 1. The van der Waals surface area contributed by atoms with Crippen LogP contribution in [-0.2, 0) is 0 Å². The van der Waals surface area contributed by atoms with E-state index in [9.17, 15) is 4.79 Å². The van der Waals surface area contributed by atoms with Crippen LogP contribution >= 0.6 is 22.9 Å². The first-order valence-corrected chi connectivity index (χ1v) is 8.67. The molecule has 0 unspecified atom stereocenters. The first-order valence-electron chi connectivity index (χ1n) is 7.47. The normalized spacial score (nSPS) is 11.3. The molecule has 2 aromatic carbocycles. The molecule has 0 amide bonds. The fourth-order valence-electron chi connectivity index (χ4n) is 2.97. The van der Waals surface area contributed by atoms with E-state index in [4.69, 9.17) is 16.3 Å². The first-order chi connectivity index (χ1) is 11.6. The number of nitrogens with one attached hydrogen (secondary N) is 1. The number of rotatable bonds is 2. The smallest absolute Gasteiger partial charge is 0.198 e. The van der Waals surface area contributed by atoms with Gasteiger partial charge in [0.25, 0.3) is 0 Å². The van der Waals surface area contributed by atoms with Crippen LogP contribution < -0.4 is 10.2 Å². The van der Waals surface area contributed by atoms with Gasteiger partial charge in [-0.1, -0.05) is 29.8 Å². The number of methoxy groups -OCH3 is 1. The number of hydrogen-bond donors (Lipinski definition) is 1. The summed E-state index contributed by atoms with van der Waals surface area (Å²) in [6.45, 7) is 1.92. The molecular formula is C19H14ClNO2S. The number of thiophene rings is 1. The van der Waals surface area contributed by atoms with E-state index in [0.717, 1.165) is 21.5 Å². The van der Waals surface area contributed by atoms with Crippen LogP contribution in [0.15, 0.2) is 47.3 Å². The molecule has 4 rings (SSSR count). The molecule has 2 aromatic heterocycles. The van der Waals surface area contributed by atoms with Gasteiger partial charge in [0.1, 0.15) is 5.75 Å². The van der Waals surface area contributed by atoms with Gasteiger partial charge < -0.3 is 9.72 Å². The largest absolute Gasteiger partial charge is 0.495 e. The molecule has 0 aliphatic heterocycles. The highest BCUT2D eigenvalue weighted by molar-refractivity contribution is 7.22. The third-order valence-electron chi connectivity index (χ3n) is 4.13. The van der Waals surface area contributed by atoms with Gasteiger partial charge in [-0.3, -0.25) is 4.79 Å². The molecule has 0 atom stereocenters. The maximum absolute atomic E-state index is 13.1. The zero-order chi connectivity index (χ0) is 16.8. The van der Waals surface area contributed by atoms with Crippen molar-refractivity contribution in [2.24, 2.45) is 0 Å². The number of H-pyrrole nitrogens is 1. The lowest BCUT2D eigenvalue weighted by atomic mass is 10.1. The van der Waals surface area contributed by atoms with Crippen molar-refractivity contribution in [3.8, 4) is 16.2 Å². The van der Waals surface area contributed by atoms with E-state index in [1.807, 2.05) is 19.1 Å². The van der Waals surface area contributed by atoms with Crippen molar-refractivity contribution in [1.29, 1.82) is 0 Å². The van der Waals surface area contributed by atoms with Gasteiger partial charge in [-0.05, 0) is 30.5 Å². The van der Waals surface area contributed by atoms with Crippen LogP contribution in [0.1, 0.15) is 5.69 Å². The van der Waals surface area contributed by atoms with Crippen molar-refractivity contribution in [3.05, 3.63) is 63.4 Å². The highest BCUT2D eigenvalue weighted by atomic mass is 35.5. The maximum Gasteiger partial charge on any atom is 0.198 e. The Morgan fingerprint density at radius 3 is 2.71 bits per heavy atom. The molecule has 4 aromatic rings. The predicted octanol–water partition coefficient (Wildman–Crippen LogP) is 5.38. The Bertz CT molecular complexity index is 1110. The molecule has 0 fully saturated rings. The van der Waals surface area contributed by atoms with Crippen LogP contribution in [0.5, 0.6) is 5.75 Å². The quantitative estimate of drug-likeness (QED) is 0.524. The molecule has 0 bridgehead atoms. The van der Waals surface area contributed by atoms with Gasteiger partial charge >= 0.3 is 0 Å². The fraction of sp³-hybridized carbons (Fsp3) is 0.105. The Hall–Kier alpha value is -2.30. The van der Waals surface area contributed by atoms with Crippen LogP contribution in [0.25, 0.3) is 31.4 Å². The standard InChI is InChI=1S/C19H14ClNO2S/c1-10-18(17-7-11-5-3-4-6-16(11)24-17)19(22)12-8-13(20)15(23-2)9-14(12)21-10/h3-9H,1-2H3,(H,21,22). The summed E-state index contributed by atoms with van der Waals surface area (Å²) in [5, 5.41) is 2.14. The lowest BCUT2D eigenvalue weighted by molar-refractivity contribution is 0.415. The van der Waals surface area contributed by atoms with Crippen molar-refractivity contribution in [2.45, 2.75) is 6.92 Å². The third kappa shape index (κ3) is 2.30. The molecule has 0 aliphatic rings. The summed E-state index contributed by atoms with van der Waals surface area (Å²) in [6, 6.07) is 13.6. The highest BCUT2D eigenvalue weighted by Crippen LogP contribution is 2.35. The average Bonchev–Trinajstić information content (AvgIpc) is 2.98. The number of fused-ring (bicyclic) bond motifs is 2. The average molecular weight is 356 g/mol. The summed E-state index contributed by atoms with van der Waals surface area (Å²) in [4.78, 5) is 17.3. The molecule has 0 spiro atoms. The third-order valence-corrected chi connectivity index (χ3v) is 5.56. The zero-order valence-electron chi connectivity index (χ0n) is 13.1. The second kappa shape index (κ2) is 5.65. The number of hydrogen-bond acceptors (Lipinski definition) is 3. The monoisotopic (exact) mass is 355 g/mol. The molecule has 24 heavy (non-hydrogen) atoms. The van der Waals surface area contributed by atoms with Crippen LogP contribution in [0.3, 0.4) is 0 Å². The molecule has 0 aliphatic carbocycles. The van der Waals surface area contributed by atoms with Gasteiger partial charge in [-0.25, -0.2) is 0 Å². The minimum Gasteiger partial charge on any atom is -0.495 e. The van der Waals surface area contributed by atoms with Crippen molar-refractivity contribution < 1.29 is 4.74 Å². The van der Waals surface area contributed by atoms with E-state index in [1.54, 1.807) is 30.6 Å². The SMILES string of the molecule is COc1cc2[nH]c(C)c(-c3cc4ccccc4s3)c(=O)c2cc1Cl. The second-order valence-electron chi connectivity index (χ2n) is 5.63. The Kier molecular flexibility index (Phi) is 3.59. The molecule has 5 heteroatoms. The molecule has 0 saturated carbocycles. The molecular weight excluding hydrogens is 342 g/mol. The van der Waals surface area contributed by atoms with E-state index < -0.39 is 0 Å². The van der Waals surface area contributed by atoms with E-state index in [1.165, 1.54) is 4.70 Å². The number of aromatic amines is 1. The van der Waals surface area contributed by atoms with Crippen LogP contribution in [0, 0.1) is 6.92 Å².